The highest BCUT2D eigenvalue weighted by Gasteiger charge is 2.22. The van der Waals surface area contributed by atoms with Crippen molar-refractivity contribution in [2.24, 2.45) is 0 Å². The highest BCUT2D eigenvalue weighted by molar-refractivity contribution is 6.32. The van der Waals surface area contributed by atoms with Crippen molar-refractivity contribution in [3.05, 3.63) is 38.7 Å². The van der Waals surface area contributed by atoms with Gasteiger partial charge in [-0.25, -0.2) is 4.79 Å². The lowest BCUT2D eigenvalue weighted by molar-refractivity contribution is -0.127. The molecule has 1 fully saturated rings. The summed E-state index contributed by atoms with van der Waals surface area (Å²) in [6.07, 6.45) is 5.02. The van der Waals surface area contributed by atoms with E-state index in [-0.39, 0.29) is 17.4 Å². The molecule has 0 saturated carbocycles. The summed E-state index contributed by atoms with van der Waals surface area (Å²) >= 11 is 6.43. The second-order valence-electron chi connectivity index (χ2n) is 8.22. The predicted molar refractivity (Wildman–Crippen MR) is 118 cm³/mol. The Labute approximate surface area is 185 Å². The topological polar surface area (TPSA) is 88.8 Å². The zero-order chi connectivity index (χ0) is 22.0. The summed E-state index contributed by atoms with van der Waals surface area (Å²) in [5.41, 5.74) is 1.87. The SMILES string of the molecule is C[C@H](Oc1cc2oc(=O)c3c(c2cc1Cl)CCCC3)C(=O)NCCCN1CCCC1=O. The number of hydrogen-bond acceptors (Lipinski definition) is 5. The van der Waals surface area contributed by atoms with Gasteiger partial charge in [-0.2, -0.15) is 0 Å². The molecule has 166 valence electrons. The predicted octanol–water partition coefficient (Wildman–Crippen LogP) is 3.22. The fourth-order valence-corrected chi connectivity index (χ4v) is 4.55. The molecule has 1 aliphatic heterocycles. The smallest absolute Gasteiger partial charge is 0.339 e. The summed E-state index contributed by atoms with van der Waals surface area (Å²) in [7, 11) is 0. The Morgan fingerprint density at radius 2 is 1.97 bits per heavy atom. The molecule has 1 saturated heterocycles. The summed E-state index contributed by atoms with van der Waals surface area (Å²) in [6.45, 7) is 3.55. The van der Waals surface area contributed by atoms with Gasteiger partial charge < -0.3 is 19.4 Å². The third-order valence-corrected chi connectivity index (χ3v) is 6.32. The van der Waals surface area contributed by atoms with Crippen LogP contribution >= 0.6 is 11.6 Å². The molecule has 2 amide bonds. The molecule has 2 heterocycles. The Balaban J connectivity index is 1.39. The van der Waals surface area contributed by atoms with Gasteiger partial charge in [-0.05, 0) is 57.1 Å². The minimum Gasteiger partial charge on any atom is -0.479 e. The van der Waals surface area contributed by atoms with Gasteiger partial charge in [-0.15, -0.1) is 0 Å². The molecular formula is C23H27ClN2O5. The first-order chi connectivity index (χ1) is 14.9. The van der Waals surface area contributed by atoms with E-state index >= 15 is 0 Å². The number of carbonyl (C=O) groups is 2. The van der Waals surface area contributed by atoms with Crippen LogP contribution in [0.3, 0.4) is 0 Å². The molecular weight excluding hydrogens is 420 g/mol. The number of fused-ring (bicyclic) bond motifs is 3. The summed E-state index contributed by atoms with van der Waals surface area (Å²) in [5, 5.41) is 4.04. The number of aryl methyl sites for hydroxylation is 1. The molecule has 8 heteroatoms. The van der Waals surface area contributed by atoms with Gasteiger partial charge in [-0.3, -0.25) is 9.59 Å². The van der Waals surface area contributed by atoms with Gasteiger partial charge in [0.15, 0.2) is 6.10 Å². The molecule has 2 aromatic rings. The van der Waals surface area contributed by atoms with Crippen molar-refractivity contribution in [1.82, 2.24) is 10.2 Å². The number of ether oxygens (including phenoxy) is 1. The minimum atomic E-state index is -0.771. The van der Waals surface area contributed by atoms with Gasteiger partial charge in [0.25, 0.3) is 5.91 Å². The molecule has 0 bridgehead atoms. The van der Waals surface area contributed by atoms with Gasteiger partial charge in [0, 0.05) is 43.1 Å². The monoisotopic (exact) mass is 446 g/mol. The molecule has 1 aromatic carbocycles. The number of halogens is 1. The Hall–Kier alpha value is -2.54. The van der Waals surface area contributed by atoms with Crippen molar-refractivity contribution in [3.8, 4) is 5.75 Å². The molecule has 0 spiro atoms. The number of rotatable bonds is 7. The van der Waals surface area contributed by atoms with Crippen LogP contribution < -0.4 is 15.7 Å². The van der Waals surface area contributed by atoms with Gasteiger partial charge in [0.1, 0.15) is 11.3 Å². The van der Waals surface area contributed by atoms with Crippen LogP contribution in [0.4, 0.5) is 0 Å². The molecule has 0 unspecified atom stereocenters. The van der Waals surface area contributed by atoms with E-state index in [9.17, 15) is 14.4 Å². The van der Waals surface area contributed by atoms with E-state index in [1.165, 1.54) is 0 Å². The van der Waals surface area contributed by atoms with Crippen molar-refractivity contribution in [2.45, 2.75) is 58.0 Å². The number of benzene rings is 1. The maximum absolute atomic E-state index is 12.4. The van der Waals surface area contributed by atoms with E-state index in [4.69, 9.17) is 20.8 Å². The van der Waals surface area contributed by atoms with Crippen LogP contribution in [0.2, 0.25) is 5.02 Å². The zero-order valence-corrected chi connectivity index (χ0v) is 18.4. The van der Waals surface area contributed by atoms with Crippen LogP contribution in [0, 0.1) is 0 Å². The van der Waals surface area contributed by atoms with Crippen molar-refractivity contribution in [1.29, 1.82) is 0 Å². The van der Waals surface area contributed by atoms with Crippen LogP contribution in [0.5, 0.6) is 5.75 Å². The van der Waals surface area contributed by atoms with Crippen LogP contribution in [0.25, 0.3) is 11.0 Å². The lowest BCUT2D eigenvalue weighted by Crippen LogP contribution is -2.38. The van der Waals surface area contributed by atoms with Crippen LogP contribution in [-0.4, -0.2) is 42.5 Å². The highest BCUT2D eigenvalue weighted by Crippen LogP contribution is 2.34. The molecule has 31 heavy (non-hydrogen) atoms. The Bertz CT molecular complexity index is 1060. The summed E-state index contributed by atoms with van der Waals surface area (Å²) in [5.74, 6) is 0.219. The fraction of sp³-hybridized carbons (Fsp3) is 0.522. The average molecular weight is 447 g/mol. The van der Waals surface area contributed by atoms with Gasteiger partial charge in [-0.1, -0.05) is 11.6 Å². The van der Waals surface area contributed by atoms with Gasteiger partial charge >= 0.3 is 5.63 Å². The quantitative estimate of drug-likeness (QED) is 0.521. The number of carbonyl (C=O) groups excluding carboxylic acids is 2. The number of nitrogens with zero attached hydrogens (tertiary/aromatic N) is 1. The van der Waals surface area contributed by atoms with Crippen molar-refractivity contribution in [3.63, 3.8) is 0 Å². The lowest BCUT2D eigenvalue weighted by atomic mass is 9.90. The number of nitrogens with one attached hydrogen (secondary N) is 1. The molecule has 7 nitrogen and oxygen atoms in total. The first-order valence-electron chi connectivity index (χ1n) is 10.9. The maximum Gasteiger partial charge on any atom is 0.339 e. The van der Waals surface area contributed by atoms with Crippen molar-refractivity contribution < 1.29 is 18.7 Å². The Morgan fingerprint density at radius 1 is 1.19 bits per heavy atom. The molecule has 4 rings (SSSR count). The number of likely N-dealkylation sites (tertiary alicyclic amines) is 1. The van der Waals surface area contributed by atoms with Crippen molar-refractivity contribution >= 4 is 34.4 Å². The van der Waals surface area contributed by atoms with E-state index in [0.717, 1.165) is 55.2 Å². The minimum absolute atomic E-state index is 0.182. The fourth-order valence-electron chi connectivity index (χ4n) is 4.34. The molecule has 1 aliphatic carbocycles. The second-order valence-corrected chi connectivity index (χ2v) is 8.63. The highest BCUT2D eigenvalue weighted by atomic mass is 35.5. The van der Waals surface area contributed by atoms with Gasteiger partial charge in [0.2, 0.25) is 5.91 Å². The molecule has 0 radical (unpaired) electrons. The Kier molecular flexibility index (Phi) is 6.51. The largest absolute Gasteiger partial charge is 0.479 e. The zero-order valence-electron chi connectivity index (χ0n) is 17.7. The standard InChI is InChI=1S/C23H27ClN2O5/c1-14(22(28)25-9-5-11-26-10-4-8-21(26)27)30-20-13-19-17(12-18(20)24)15-6-2-3-7-16(15)23(29)31-19/h12-14H,2-11H2,1H3,(H,25,28)/t14-/m0/s1. The van der Waals surface area contributed by atoms with E-state index in [1.54, 1.807) is 19.1 Å². The third kappa shape index (κ3) is 4.71. The Morgan fingerprint density at radius 3 is 2.71 bits per heavy atom. The maximum atomic E-state index is 12.4. The van der Waals surface area contributed by atoms with E-state index in [1.807, 2.05) is 4.90 Å². The molecule has 1 N–H and O–H groups in total. The first kappa shape index (κ1) is 21.7. The van der Waals surface area contributed by atoms with Crippen LogP contribution in [0.15, 0.2) is 21.3 Å². The first-order valence-corrected chi connectivity index (χ1v) is 11.3. The van der Waals surface area contributed by atoms with Crippen molar-refractivity contribution in [2.75, 3.05) is 19.6 Å². The van der Waals surface area contributed by atoms with E-state index < -0.39 is 6.10 Å². The summed E-state index contributed by atoms with van der Waals surface area (Å²) in [4.78, 5) is 38.2. The van der Waals surface area contributed by atoms with E-state index in [2.05, 4.69) is 5.32 Å². The second kappa shape index (κ2) is 9.30. The molecule has 1 aromatic heterocycles. The average Bonchev–Trinajstić information content (AvgIpc) is 3.17. The van der Waals surface area contributed by atoms with E-state index in [0.29, 0.717) is 42.3 Å². The lowest BCUT2D eigenvalue weighted by Gasteiger charge is -2.19. The normalized spacial score (nSPS) is 17.0. The third-order valence-electron chi connectivity index (χ3n) is 6.02. The summed E-state index contributed by atoms with van der Waals surface area (Å²) in [6, 6.07) is 3.35. The van der Waals surface area contributed by atoms with Crippen LogP contribution in [0.1, 0.15) is 50.2 Å². The van der Waals surface area contributed by atoms with Gasteiger partial charge in [0.05, 0.1) is 5.02 Å². The summed E-state index contributed by atoms with van der Waals surface area (Å²) < 4.78 is 11.3. The van der Waals surface area contributed by atoms with Crippen LogP contribution in [-0.2, 0) is 22.4 Å². The molecule has 2 aliphatic rings. The number of hydrogen-bond donors (Lipinski definition) is 1. The molecule has 1 atom stereocenters. The number of amides is 2.